The first-order valence-electron chi connectivity index (χ1n) is 7.50. The molecule has 2 aromatic carbocycles. The van der Waals surface area contributed by atoms with Gasteiger partial charge >= 0.3 is 5.97 Å². The SMILES string of the molecule is Cc1ccccc1OCC(=O)OC(C)C(=O)Nc1cc(F)ccc1F. The van der Waals surface area contributed by atoms with Crippen molar-refractivity contribution in [1.82, 2.24) is 0 Å². The maximum atomic E-state index is 13.5. The molecule has 1 atom stereocenters. The first kappa shape index (κ1) is 18.4. The van der Waals surface area contributed by atoms with Crippen molar-refractivity contribution in [3.05, 3.63) is 59.7 Å². The minimum absolute atomic E-state index is 0.330. The lowest BCUT2D eigenvalue weighted by atomic mass is 10.2. The Labute approximate surface area is 143 Å². The molecule has 25 heavy (non-hydrogen) atoms. The standard InChI is InChI=1S/C18H17F2NO4/c1-11-5-3-4-6-16(11)24-10-17(22)25-12(2)18(23)21-15-9-13(19)7-8-14(15)20/h3-9,12H,10H2,1-2H3,(H,21,23). The van der Waals surface area contributed by atoms with Gasteiger partial charge in [0.1, 0.15) is 17.4 Å². The van der Waals surface area contributed by atoms with E-state index in [0.29, 0.717) is 5.75 Å². The highest BCUT2D eigenvalue weighted by molar-refractivity contribution is 5.95. The van der Waals surface area contributed by atoms with Crippen LogP contribution in [0.2, 0.25) is 0 Å². The fourth-order valence-electron chi connectivity index (χ4n) is 1.97. The molecule has 7 heteroatoms. The molecular formula is C18H17F2NO4. The number of rotatable bonds is 6. The first-order chi connectivity index (χ1) is 11.9. The quantitative estimate of drug-likeness (QED) is 0.814. The highest BCUT2D eigenvalue weighted by Gasteiger charge is 2.20. The summed E-state index contributed by atoms with van der Waals surface area (Å²) < 4.78 is 36.8. The van der Waals surface area contributed by atoms with Crippen molar-refractivity contribution in [3.63, 3.8) is 0 Å². The lowest BCUT2D eigenvalue weighted by Gasteiger charge is -2.14. The number of amides is 1. The van der Waals surface area contributed by atoms with Crippen LogP contribution in [0.5, 0.6) is 5.75 Å². The Morgan fingerprint density at radius 2 is 1.88 bits per heavy atom. The summed E-state index contributed by atoms with van der Waals surface area (Å²) in [5, 5.41) is 2.17. The van der Waals surface area contributed by atoms with Crippen LogP contribution < -0.4 is 10.1 Å². The van der Waals surface area contributed by atoms with Crippen molar-refractivity contribution in [2.45, 2.75) is 20.0 Å². The number of benzene rings is 2. The second-order valence-electron chi connectivity index (χ2n) is 5.30. The largest absolute Gasteiger partial charge is 0.482 e. The van der Waals surface area contributed by atoms with Gasteiger partial charge in [0.25, 0.3) is 5.91 Å². The molecule has 0 radical (unpaired) electrons. The third kappa shape index (κ3) is 5.27. The molecule has 1 unspecified atom stereocenters. The molecule has 1 amide bonds. The van der Waals surface area contributed by atoms with E-state index in [-0.39, 0.29) is 12.3 Å². The Balaban J connectivity index is 1.87. The van der Waals surface area contributed by atoms with Gasteiger partial charge in [-0.25, -0.2) is 13.6 Å². The van der Waals surface area contributed by atoms with Crippen LogP contribution in [0.4, 0.5) is 14.5 Å². The van der Waals surface area contributed by atoms with Gasteiger partial charge in [0.15, 0.2) is 12.7 Å². The van der Waals surface area contributed by atoms with Crippen LogP contribution in [0, 0.1) is 18.6 Å². The van der Waals surface area contributed by atoms with Crippen molar-refractivity contribution in [2.75, 3.05) is 11.9 Å². The van der Waals surface area contributed by atoms with Gasteiger partial charge in [0.05, 0.1) is 5.69 Å². The summed E-state index contributed by atoms with van der Waals surface area (Å²) in [7, 11) is 0. The predicted octanol–water partition coefficient (Wildman–Crippen LogP) is 3.22. The van der Waals surface area contributed by atoms with Gasteiger partial charge in [-0.05, 0) is 37.6 Å². The average Bonchev–Trinajstić information content (AvgIpc) is 2.57. The molecule has 0 aliphatic rings. The third-order valence-corrected chi connectivity index (χ3v) is 3.30. The molecule has 0 aromatic heterocycles. The number of hydrogen-bond donors (Lipinski definition) is 1. The van der Waals surface area contributed by atoms with E-state index < -0.39 is 29.6 Å². The van der Waals surface area contributed by atoms with Gasteiger partial charge in [-0.3, -0.25) is 4.79 Å². The van der Waals surface area contributed by atoms with E-state index in [1.165, 1.54) is 6.92 Å². The van der Waals surface area contributed by atoms with Crippen LogP contribution in [0.1, 0.15) is 12.5 Å². The second-order valence-corrected chi connectivity index (χ2v) is 5.30. The van der Waals surface area contributed by atoms with E-state index in [1.807, 2.05) is 19.1 Å². The smallest absolute Gasteiger partial charge is 0.344 e. The van der Waals surface area contributed by atoms with E-state index in [9.17, 15) is 18.4 Å². The van der Waals surface area contributed by atoms with Gasteiger partial charge in [-0.15, -0.1) is 0 Å². The highest BCUT2D eigenvalue weighted by Crippen LogP contribution is 2.17. The fourth-order valence-corrected chi connectivity index (χ4v) is 1.97. The molecular weight excluding hydrogens is 332 g/mol. The molecule has 0 fully saturated rings. The molecule has 0 bridgehead atoms. The third-order valence-electron chi connectivity index (χ3n) is 3.30. The van der Waals surface area contributed by atoms with Crippen molar-refractivity contribution in [1.29, 1.82) is 0 Å². The number of ether oxygens (including phenoxy) is 2. The van der Waals surface area contributed by atoms with Crippen LogP contribution in [0.15, 0.2) is 42.5 Å². The Morgan fingerprint density at radius 1 is 1.16 bits per heavy atom. The Hall–Kier alpha value is -2.96. The van der Waals surface area contributed by atoms with E-state index in [4.69, 9.17) is 9.47 Å². The Kier molecular flexibility index (Phi) is 6.05. The first-order valence-corrected chi connectivity index (χ1v) is 7.50. The van der Waals surface area contributed by atoms with Crippen LogP contribution in [0.3, 0.4) is 0 Å². The number of esters is 1. The number of aryl methyl sites for hydroxylation is 1. The topological polar surface area (TPSA) is 64.6 Å². The van der Waals surface area contributed by atoms with Gasteiger partial charge < -0.3 is 14.8 Å². The van der Waals surface area contributed by atoms with Crippen LogP contribution in [0.25, 0.3) is 0 Å². The zero-order valence-corrected chi connectivity index (χ0v) is 13.7. The van der Waals surface area contributed by atoms with Gasteiger partial charge in [-0.2, -0.15) is 0 Å². The van der Waals surface area contributed by atoms with Crippen molar-refractivity contribution < 1.29 is 27.8 Å². The summed E-state index contributed by atoms with van der Waals surface area (Å²) in [6, 6.07) is 9.77. The molecule has 0 saturated heterocycles. The van der Waals surface area contributed by atoms with E-state index in [0.717, 1.165) is 23.8 Å². The van der Waals surface area contributed by atoms with Crippen LogP contribution in [-0.4, -0.2) is 24.6 Å². The number of nitrogens with one attached hydrogen (secondary N) is 1. The van der Waals surface area contributed by atoms with Gasteiger partial charge in [-0.1, -0.05) is 18.2 Å². The molecule has 0 saturated carbocycles. The maximum absolute atomic E-state index is 13.5. The minimum atomic E-state index is -1.20. The van der Waals surface area contributed by atoms with Crippen LogP contribution >= 0.6 is 0 Å². The second kappa shape index (κ2) is 8.23. The predicted molar refractivity (Wildman–Crippen MR) is 87.2 cm³/mol. The van der Waals surface area contributed by atoms with E-state index in [1.54, 1.807) is 12.1 Å². The van der Waals surface area contributed by atoms with Crippen molar-refractivity contribution in [3.8, 4) is 5.75 Å². The summed E-state index contributed by atoms with van der Waals surface area (Å²) >= 11 is 0. The number of carbonyl (C=O) groups is 2. The van der Waals surface area contributed by atoms with Crippen molar-refractivity contribution in [2.24, 2.45) is 0 Å². The molecule has 5 nitrogen and oxygen atoms in total. The molecule has 132 valence electrons. The van der Waals surface area contributed by atoms with Gasteiger partial charge in [0, 0.05) is 6.07 Å². The Bertz CT molecular complexity index is 779. The lowest BCUT2D eigenvalue weighted by molar-refractivity contribution is -0.155. The van der Waals surface area contributed by atoms with E-state index >= 15 is 0 Å². The lowest BCUT2D eigenvalue weighted by Crippen LogP contribution is -2.32. The molecule has 0 heterocycles. The highest BCUT2D eigenvalue weighted by atomic mass is 19.1. The normalized spacial score (nSPS) is 11.5. The van der Waals surface area contributed by atoms with Crippen molar-refractivity contribution >= 4 is 17.6 Å². The zero-order valence-electron chi connectivity index (χ0n) is 13.7. The number of halogens is 2. The monoisotopic (exact) mass is 349 g/mol. The number of para-hydroxylation sites is 1. The maximum Gasteiger partial charge on any atom is 0.344 e. The Morgan fingerprint density at radius 3 is 2.60 bits per heavy atom. The molecule has 0 aliphatic carbocycles. The summed E-state index contributed by atoms with van der Waals surface area (Å²) in [6.07, 6.45) is -1.20. The zero-order chi connectivity index (χ0) is 18.4. The summed E-state index contributed by atoms with van der Waals surface area (Å²) in [5.41, 5.74) is 0.520. The summed E-state index contributed by atoms with van der Waals surface area (Å²) in [4.78, 5) is 23.7. The average molecular weight is 349 g/mol. The number of anilines is 1. The fraction of sp³-hybridized carbons (Fsp3) is 0.222. The molecule has 2 aromatic rings. The van der Waals surface area contributed by atoms with Crippen LogP contribution in [-0.2, 0) is 14.3 Å². The molecule has 2 rings (SSSR count). The summed E-state index contributed by atoms with van der Waals surface area (Å²) in [5.74, 6) is -2.51. The van der Waals surface area contributed by atoms with Gasteiger partial charge in [0.2, 0.25) is 0 Å². The molecule has 0 aliphatic heterocycles. The number of carbonyl (C=O) groups excluding carboxylic acids is 2. The number of hydrogen-bond acceptors (Lipinski definition) is 4. The molecule has 0 spiro atoms. The summed E-state index contributed by atoms with van der Waals surface area (Å²) in [6.45, 7) is 2.76. The minimum Gasteiger partial charge on any atom is -0.482 e. The van der Waals surface area contributed by atoms with E-state index in [2.05, 4.69) is 5.32 Å². The molecule has 1 N–H and O–H groups in total.